The van der Waals surface area contributed by atoms with Crippen molar-refractivity contribution in [2.75, 3.05) is 26.7 Å². The second-order valence-electron chi connectivity index (χ2n) is 6.13. The zero-order valence-electron chi connectivity index (χ0n) is 12.9. The van der Waals surface area contributed by atoms with E-state index in [-0.39, 0.29) is 5.91 Å². The maximum absolute atomic E-state index is 12.4. The van der Waals surface area contributed by atoms with Crippen molar-refractivity contribution < 1.29 is 4.79 Å². The van der Waals surface area contributed by atoms with E-state index in [4.69, 9.17) is 0 Å². The van der Waals surface area contributed by atoms with E-state index in [1.165, 1.54) is 0 Å². The van der Waals surface area contributed by atoms with Crippen molar-refractivity contribution in [1.82, 2.24) is 9.80 Å². The molecule has 0 atom stereocenters. The SMILES string of the molecule is CC(C)N(C)CC1CCN(C(=O)c2ccccc2)CC1. The number of nitrogens with zero attached hydrogens (tertiary/aromatic N) is 2. The lowest BCUT2D eigenvalue weighted by Gasteiger charge is -2.35. The van der Waals surface area contributed by atoms with E-state index < -0.39 is 0 Å². The molecular formula is C17H26N2O. The molecule has 3 heteroatoms. The van der Waals surface area contributed by atoms with E-state index in [1.54, 1.807) is 0 Å². The summed E-state index contributed by atoms with van der Waals surface area (Å²) in [5.74, 6) is 0.906. The highest BCUT2D eigenvalue weighted by Crippen LogP contribution is 2.20. The quantitative estimate of drug-likeness (QED) is 0.843. The molecule has 0 spiro atoms. The number of benzene rings is 1. The minimum Gasteiger partial charge on any atom is -0.339 e. The lowest BCUT2D eigenvalue weighted by Crippen LogP contribution is -2.42. The van der Waals surface area contributed by atoms with E-state index >= 15 is 0 Å². The number of amides is 1. The van der Waals surface area contributed by atoms with Crippen LogP contribution in [0.2, 0.25) is 0 Å². The van der Waals surface area contributed by atoms with Gasteiger partial charge in [0.15, 0.2) is 0 Å². The first-order chi connectivity index (χ1) is 9.58. The largest absolute Gasteiger partial charge is 0.339 e. The Labute approximate surface area is 122 Å². The molecule has 1 fully saturated rings. The Bertz CT molecular complexity index is 422. The number of hydrogen-bond acceptors (Lipinski definition) is 2. The second-order valence-corrected chi connectivity index (χ2v) is 6.13. The molecule has 20 heavy (non-hydrogen) atoms. The van der Waals surface area contributed by atoms with Crippen molar-refractivity contribution >= 4 is 5.91 Å². The van der Waals surface area contributed by atoms with Gasteiger partial charge < -0.3 is 9.80 Å². The fraction of sp³-hybridized carbons (Fsp3) is 0.588. The Hall–Kier alpha value is -1.35. The highest BCUT2D eigenvalue weighted by Gasteiger charge is 2.24. The van der Waals surface area contributed by atoms with Gasteiger partial charge in [-0.3, -0.25) is 4.79 Å². The summed E-state index contributed by atoms with van der Waals surface area (Å²) in [5.41, 5.74) is 0.810. The molecular weight excluding hydrogens is 248 g/mol. The molecule has 1 heterocycles. The molecule has 3 nitrogen and oxygen atoms in total. The van der Waals surface area contributed by atoms with E-state index in [0.717, 1.165) is 44.0 Å². The minimum absolute atomic E-state index is 0.182. The Morgan fingerprint density at radius 3 is 2.40 bits per heavy atom. The highest BCUT2D eigenvalue weighted by atomic mass is 16.2. The molecule has 1 aromatic rings. The van der Waals surface area contributed by atoms with Gasteiger partial charge in [-0.05, 0) is 51.8 Å². The van der Waals surface area contributed by atoms with Crippen molar-refractivity contribution in [1.29, 1.82) is 0 Å². The van der Waals surface area contributed by atoms with Crippen LogP contribution in [-0.4, -0.2) is 48.4 Å². The zero-order chi connectivity index (χ0) is 14.5. The van der Waals surface area contributed by atoms with E-state index in [1.807, 2.05) is 35.2 Å². The number of carbonyl (C=O) groups is 1. The summed E-state index contributed by atoms with van der Waals surface area (Å²) in [4.78, 5) is 16.8. The van der Waals surface area contributed by atoms with Crippen LogP contribution in [0.25, 0.3) is 0 Å². The molecule has 0 bridgehead atoms. The average Bonchev–Trinajstić information content (AvgIpc) is 2.48. The van der Waals surface area contributed by atoms with Gasteiger partial charge >= 0.3 is 0 Å². The summed E-state index contributed by atoms with van der Waals surface area (Å²) in [5, 5.41) is 0. The molecule has 0 unspecified atom stereocenters. The van der Waals surface area contributed by atoms with E-state index in [9.17, 15) is 4.79 Å². The summed E-state index contributed by atoms with van der Waals surface area (Å²) in [6.45, 7) is 7.39. The van der Waals surface area contributed by atoms with Crippen LogP contribution in [0.15, 0.2) is 30.3 Å². The van der Waals surface area contributed by atoms with Gasteiger partial charge in [-0.25, -0.2) is 0 Å². The molecule has 110 valence electrons. The Morgan fingerprint density at radius 2 is 1.85 bits per heavy atom. The average molecular weight is 274 g/mol. The fourth-order valence-corrected chi connectivity index (χ4v) is 2.70. The van der Waals surface area contributed by atoms with Crippen LogP contribution in [0.3, 0.4) is 0 Å². The molecule has 0 aliphatic carbocycles. The predicted octanol–water partition coefficient (Wildman–Crippen LogP) is 2.88. The van der Waals surface area contributed by atoms with Crippen LogP contribution < -0.4 is 0 Å². The predicted molar refractivity (Wildman–Crippen MR) is 82.8 cm³/mol. The molecule has 0 N–H and O–H groups in total. The number of hydrogen-bond donors (Lipinski definition) is 0. The maximum atomic E-state index is 12.4. The minimum atomic E-state index is 0.182. The van der Waals surface area contributed by atoms with Gasteiger partial charge in [0.1, 0.15) is 0 Å². The molecule has 2 rings (SSSR count). The van der Waals surface area contributed by atoms with Crippen LogP contribution in [0, 0.1) is 5.92 Å². The number of carbonyl (C=O) groups excluding carboxylic acids is 1. The summed E-state index contributed by atoms with van der Waals surface area (Å²) >= 11 is 0. The molecule has 0 aromatic heterocycles. The van der Waals surface area contributed by atoms with E-state index in [0.29, 0.717) is 6.04 Å². The van der Waals surface area contributed by atoms with Crippen molar-refractivity contribution in [3.8, 4) is 0 Å². The smallest absolute Gasteiger partial charge is 0.253 e. The molecule has 0 radical (unpaired) electrons. The van der Waals surface area contributed by atoms with Crippen molar-refractivity contribution in [2.45, 2.75) is 32.7 Å². The third kappa shape index (κ3) is 3.83. The molecule has 1 amide bonds. The van der Waals surface area contributed by atoms with Gasteiger partial charge in [0, 0.05) is 31.2 Å². The maximum Gasteiger partial charge on any atom is 0.253 e. The second kappa shape index (κ2) is 6.89. The lowest BCUT2D eigenvalue weighted by molar-refractivity contribution is 0.0666. The summed E-state index contributed by atoms with van der Waals surface area (Å²) < 4.78 is 0. The van der Waals surface area contributed by atoms with E-state index in [2.05, 4.69) is 25.8 Å². The van der Waals surface area contributed by atoms with Crippen LogP contribution in [0.5, 0.6) is 0 Å². The fourth-order valence-electron chi connectivity index (χ4n) is 2.70. The third-order valence-corrected chi connectivity index (χ3v) is 4.35. The first kappa shape index (κ1) is 15.0. The molecule has 1 saturated heterocycles. The van der Waals surface area contributed by atoms with Crippen molar-refractivity contribution in [3.05, 3.63) is 35.9 Å². The summed E-state index contributed by atoms with van der Waals surface area (Å²) in [6, 6.07) is 10.2. The van der Waals surface area contributed by atoms with Gasteiger partial charge in [-0.2, -0.15) is 0 Å². The van der Waals surface area contributed by atoms with Crippen LogP contribution in [-0.2, 0) is 0 Å². The topological polar surface area (TPSA) is 23.6 Å². The summed E-state index contributed by atoms with van der Waals surface area (Å²) in [7, 11) is 2.19. The standard InChI is InChI=1S/C17H26N2O/c1-14(2)18(3)13-15-9-11-19(12-10-15)17(20)16-7-5-4-6-8-16/h4-8,14-15H,9-13H2,1-3H3. The monoisotopic (exact) mass is 274 g/mol. The number of likely N-dealkylation sites (tertiary alicyclic amines) is 1. The first-order valence-electron chi connectivity index (χ1n) is 7.62. The van der Waals surface area contributed by atoms with Gasteiger partial charge in [0.05, 0.1) is 0 Å². The Morgan fingerprint density at radius 1 is 1.25 bits per heavy atom. The third-order valence-electron chi connectivity index (χ3n) is 4.35. The van der Waals surface area contributed by atoms with Crippen molar-refractivity contribution in [3.63, 3.8) is 0 Å². The Balaban J connectivity index is 1.84. The lowest BCUT2D eigenvalue weighted by atomic mass is 9.95. The van der Waals surface area contributed by atoms with Gasteiger partial charge in [-0.1, -0.05) is 18.2 Å². The molecule has 0 saturated carbocycles. The van der Waals surface area contributed by atoms with Crippen molar-refractivity contribution in [2.24, 2.45) is 5.92 Å². The van der Waals surface area contributed by atoms with Gasteiger partial charge in [0.2, 0.25) is 0 Å². The first-order valence-corrected chi connectivity index (χ1v) is 7.62. The molecule has 1 aromatic carbocycles. The zero-order valence-corrected chi connectivity index (χ0v) is 12.9. The molecule has 1 aliphatic heterocycles. The Kier molecular flexibility index (Phi) is 5.18. The number of rotatable bonds is 4. The van der Waals surface area contributed by atoms with Crippen LogP contribution in [0.1, 0.15) is 37.0 Å². The highest BCUT2D eigenvalue weighted by molar-refractivity contribution is 5.94. The van der Waals surface area contributed by atoms with Crippen LogP contribution in [0.4, 0.5) is 0 Å². The van der Waals surface area contributed by atoms with Gasteiger partial charge in [0.25, 0.3) is 5.91 Å². The number of piperidine rings is 1. The van der Waals surface area contributed by atoms with Gasteiger partial charge in [-0.15, -0.1) is 0 Å². The normalized spacial score (nSPS) is 16.9. The summed E-state index contributed by atoms with van der Waals surface area (Å²) in [6.07, 6.45) is 2.24. The molecule has 1 aliphatic rings. The van der Waals surface area contributed by atoms with Crippen LogP contribution >= 0.6 is 0 Å².